The Morgan fingerprint density at radius 1 is 1.22 bits per heavy atom. The second-order valence-corrected chi connectivity index (χ2v) is 6.94. The van der Waals surface area contributed by atoms with Crippen LogP contribution in [-0.4, -0.2) is 35.3 Å². The molecule has 138 valence electrons. The van der Waals surface area contributed by atoms with Crippen LogP contribution in [0.25, 0.3) is 0 Å². The molecule has 0 saturated carbocycles. The predicted octanol–water partition coefficient (Wildman–Crippen LogP) is 3.03. The monoisotopic (exact) mass is 387 g/mol. The van der Waals surface area contributed by atoms with Crippen LogP contribution in [0.15, 0.2) is 42.5 Å². The lowest BCUT2D eigenvalue weighted by molar-refractivity contribution is -0.128. The van der Waals surface area contributed by atoms with E-state index in [1.807, 2.05) is 0 Å². The number of likely N-dealkylation sites (N-methyl/N-ethyl adjacent to an activating group) is 1. The maximum absolute atomic E-state index is 14.1. The van der Waals surface area contributed by atoms with Crippen LogP contribution in [0.4, 0.5) is 15.8 Å². The molecule has 0 aliphatic carbocycles. The summed E-state index contributed by atoms with van der Waals surface area (Å²) in [6.07, 6.45) is 0.214. The molecule has 1 fully saturated rings. The van der Waals surface area contributed by atoms with E-state index in [1.54, 1.807) is 24.3 Å². The Morgan fingerprint density at radius 3 is 2.70 bits per heavy atom. The van der Waals surface area contributed by atoms with Crippen LogP contribution in [0.3, 0.4) is 0 Å². The number of halogens is 2. The normalized spacial score (nSPS) is 21.1. The average Bonchev–Trinajstić information content (AvgIpc) is 3.01. The summed E-state index contributed by atoms with van der Waals surface area (Å²) >= 11 is 5.75. The second-order valence-electron chi connectivity index (χ2n) is 6.51. The van der Waals surface area contributed by atoms with E-state index in [1.165, 1.54) is 29.0 Å². The summed E-state index contributed by atoms with van der Waals surface area (Å²) in [5.41, 5.74) is -0.891. The molecule has 1 saturated heterocycles. The summed E-state index contributed by atoms with van der Waals surface area (Å²) in [6, 6.07) is 10.5. The highest BCUT2D eigenvalue weighted by Gasteiger charge is 2.59. The van der Waals surface area contributed by atoms with E-state index in [4.69, 9.17) is 11.6 Å². The van der Waals surface area contributed by atoms with Gasteiger partial charge in [0, 0.05) is 24.9 Å². The zero-order valence-electron chi connectivity index (χ0n) is 14.3. The van der Waals surface area contributed by atoms with Crippen molar-refractivity contribution < 1.29 is 18.8 Å². The summed E-state index contributed by atoms with van der Waals surface area (Å²) in [4.78, 5) is 41.3. The van der Waals surface area contributed by atoms with Gasteiger partial charge in [0.25, 0.3) is 11.8 Å². The van der Waals surface area contributed by atoms with Crippen molar-refractivity contribution in [2.75, 3.05) is 17.3 Å². The molecule has 2 aliphatic heterocycles. The van der Waals surface area contributed by atoms with Gasteiger partial charge in [0.15, 0.2) is 0 Å². The van der Waals surface area contributed by atoms with E-state index >= 15 is 0 Å². The molecule has 1 N–H and O–H groups in total. The van der Waals surface area contributed by atoms with Gasteiger partial charge in [-0.25, -0.2) is 4.39 Å². The van der Waals surface area contributed by atoms with E-state index in [0.717, 1.165) is 6.07 Å². The van der Waals surface area contributed by atoms with Crippen molar-refractivity contribution >= 4 is 40.7 Å². The molecular formula is C19H15ClFN3O3. The minimum atomic E-state index is -1.55. The SMILES string of the molecule is CN1C(=O)c2ccccc2N2C(=O)CCC12C(=O)Nc1ccc(Cl)cc1F. The van der Waals surface area contributed by atoms with Crippen molar-refractivity contribution in [3.63, 3.8) is 0 Å². The Hall–Kier alpha value is -2.93. The van der Waals surface area contributed by atoms with Crippen molar-refractivity contribution in [3.05, 3.63) is 58.9 Å². The van der Waals surface area contributed by atoms with Crippen molar-refractivity contribution in [2.45, 2.75) is 18.5 Å². The number of amides is 3. The van der Waals surface area contributed by atoms with Crippen molar-refractivity contribution in [1.29, 1.82) is 0 Å². The highest BCUT2D eigenvalue weighted by atomic mass is 35.5. The van der Waals surface area contributed by atoms with Gasteiger partial charge >= 0.3 is 0 Å². The number of benzene rings is 2. The molecule has 3 amide bonds. The van der Waals surface area contributed by atoms with Crippen LogP contribution >= 0.6 is 11.6 Å². The molecule has 1 unspecified atom stereocenters. The largest absolute Gasteiger partial charge is 0.320 e. The van der Waals surface area contributed by atoms with Gasteiger partial charge in [-0.3, -0.25) is 19.3 Å². The number of para-hydroxylation sites is 1. The minimum absolute atomic E-state index is 0.0715. The third-order valence-electron chi connectivity index (χ3n) is 5.08. The number of hydrogen-bond donors (Lipinski definition) is 1. The first-order valence-corrected chi connectivity index (χ1v) is 8.71. The fourth-order valence-corrected chi connectivity index (χ4v) is 3.90. The molecule has 0 aromatic heterocycles. The highest BCUT2D eigenvalue weighted by Crippen LogP contribution is 2.44. The number of carbonyl (C=O) groups excluding carboxylic acids is 3. The van der Waals surface area contributed by atoms with Gasteiger partial charge < -0.3 is 10.2 Å². The molecule has 2 aromatic rings. The first-order valence-electron chi connectivity index (χ1n) is 8.33. The second kappa shape index (κ2) is 6.06. The van der Waals surface area contributed by atoms with E-state index in [0.29, 0.717) is 11.3 Å². The van der Waals surface area contributed by atoms with Crippen LogP contribution in [-0.2, 0) is 9.59 Å². The van der Waals surface area contributed by atoms with Gasteiger partial charge in [0.1, 0.15) is 5.82 Å². The van der Waals surface area contributed by atoms with Gasteiger partial charge in [0.05, 0.1) is 16.9 Å². The lowest BCUT2D eigenvalue weighted by atomic mass is 9.96. The summed E-state index contributed by atoms with van der Waals surface area (Å²) in [5.74, 6) is -2.00. The topological polar surface area (TPSA) is 69.7 Å². The van der Waals surface area contributed by atoms with Crippen LogP contribution in [0.2, 0.25) is 5.02 Å². The molecule has 8 heteroatoms. The maximum Gasteiger partial charge on any atom is 0.271 e. The molecule has 2 aliphatic rings. The Balaban J connectivity index is 1.81. The number of anilines is 2. The number of hydrogen-bond acceptors (Lipinski definition) is 3. The zero-order chi connectivity index (χ0) is 19.3. The summed E-state index contributed by atoms with van der Waals surface area (Å²) in [7, 11) is 1.47. The first-order chi connectivity index (χ1) is 12.9. The van der Waals surface area contributed by atoms with Crippen LogP contribution in [0, 0.1) is 5.82 Å². The molecule has 2 aromatic carbocycles. The molecule has 2 heterocycles. The Labute approximate surface area is 159 Å². The summed E-state index contributed by atoms with van der Waals surface area (Å²) in [6.45, 7) is 0. The molecule has 0 radical (unpaired) electrons. The standard InChI is InChI=1S/C19H15ClFN3O3/c1-23-17(26)12-4-2-3-5-15(12)24-16(25)8-9-19(23,24)18(27)22-14-7-6-11(20)10-13(14)21/h2-7,10H,8-9H2,1H3,(H,22,27). The van der Waals surface area contributed by atoms with E-state index in [2.05, 4.69) is 5.32 Å². The Kier molecular flexibility index (Phi) is 3.92. The van der Waals surface area contributed by atoms with Gasteiger partial charge in [-0.05, 0) is 30.3 Å². The van der Waals surface area contributed by atoms with Gasteiger partial charge in [-0.1, -0.05) is 23.7 Å². The van der Waals surface area contributed by atoms with Crippen LogP contribution in [0.1, 0.15) is 23.2 Å². The number of nitrogens with one attached hydrogen (secondary N) is 1. The Morgan fingerprint density at radius 2 is 1.96 bits per heavy atom. The molecule has 4 rings (SSSR count). The predicted molar refractivity (Wildman–Crippen MR) is 98.0 cm³/mol. The third-order valence-corrected chi connectivity index (χ3v) is 5.32. The van der Waals surface area contributed by atoms with Crippen LogP contribution < -0.4 is 10.2 Å². The zero-order valence-corrected chi connectivity index (χ0v) is 15.1. The highest BCUT2D eigenvalue weighted by molar-refractivity contribution is 6.30. The molecule has 27 heavy (non-hydrogen) atoms. The summed E-state index contributed by atoms with van der Waals surface area (Å²) < 4.78 is 14.1. The summed E-state index contributed by atoms with van der Waals surface area (Å²) in [5, 5.41) is 2.71. The van der Waals surface area contributed by atoms with E-state index in [9.17, 15) is 18.8 Å². The molecule has 1 atom stereocenters. The number of rotatable bonds is 2. The number of fused-ring (bicyclic) bond motifs is 3. The van der Waals surface area contributed by atoms with E-state index in [-0.39, 0.29) is 35.4 Å². The minimum Gasteiger partial charge on any atom is -0.320 e. The van der Waals surface area contributed by atoms with Crippen molar-refractivity contribution in [2.24, 2.45) is 0 Å². The third kappa shape index (κ3) is 2.42. The number of nitrogens with zero attached hydrogens (tertiary/aromatic N) is 2. The van der Waals surface area contributed by atoms with Gasteiger partial charge in [0.2, 0.25) is 11.6 Å². The number of carbonyl (C=O) groups is 3. The average molecular weight is 388 g/mol. The fraction of sp³-hybridized carbons (Fsp3) is 0.211. The van der Waals surface area contributed by atoms with E-state index < -0.39 is 17.4 Å². The molecular weight excluding hydrogens is 373 g/mol. The fourth-order valence-electron chi connectivity index (χ4n) is 3.74. The lowest BCUT2D eigenvalue weighted by Crippen LogP contribution is -2.68. The van der Waals surface area contributed by atoms with Crippen molar-refractivity contribution in [3.8, 4) is 0 Å². The lowest BCUT2D eigenvalue weighted by Gasteiger charge is -2.47. The molecule has 6 nitrogen and oxygen atoms in total. The maximum atomic E-state index is 14.1. The van der Waals surface area contributed by atoms with Crippen molar-refractivity contribution in [1.82, 2.24) is 4.90 Å². The first kappa shape index (κ1) is 17.5. The van der Waals surface area contributed by atoms with Gasteiger partial charge in [-0.15, -0.1) is 0 Å². The quantitative estimate of drug-likeness (QED) is 0.861. The van der Waals surface area contributed by atoms with Crippen LogP contribution in [0.5, 0.6) is 0 Å². The van der Waals surface area contributed by atoms with Gasteiger partial charge in [-0.2, -0.15) is 0 Å². The Bertz CT molecular complexity index is 996. The molecule has 0 spiro atoms. The smallest absolute Gasteiger partial charge is 0.271 e. The molecule has 0 bridgehead atoms.